The number of thiophene rings is 1. The van der Waals surface area contributed by atoms with Gasteiger partial charge in [-0.25, -0.2) is 14.8 Å². The molecule has 0 radical (unpaired) electrons. The number of benzene rings is 1. The summed E-state index contributed by atoms with van der Waals surface area (Å²) in [7, 11) is 0. The number of esters is 1. The molecule has 0 fully saturated rings. The van der Waals surface area contributed by atoms with Gasteiger partial charge in [-0.15, -0.1) is 11.3 Å². The third-order valence-electron chi connectivity index (χ3n) is 5.29. The highest BCUT2D eigenvalue weighted by Gasteiger charge is 2.26. The van der Waals surface area contributed by atoms with E-state index in [2.05, 4.69) is 15.3 Å². The van der Waals surface area contributed by atoms with Crippen LogP contribution in [0.4, 0.5) is 5.82 Å². The molecular formula is C23H24N4O4S. The maximum absolute atomic E-state index is 12.5. The summed E-state index contributed by atoms with van der Waals surface area (Å²) in [5, 5.41) is 14.2. The number of fused-ring (bicyclic) bond motifs is 3. The van der Waals surface area contributed by atoms with Crippen LogP contribution in [0.25, 0.3) is 10.2 Å². The summed E-state index contributed by atoms with van der Waals surface area (Å²) in [5.41, 5.74) is 2.09. The zero-order valence-electron chi connectivity index (χ0n) is 17.7. The first kappa shape index (κ1) is 21.9. The van der Waals surface area contributed by atoms with Crippen molar-refractivity contribution >= 4 is 39.2 Å². The zero-order valence-corrected chi connectivity index (χ0v) is 18.5. The van der Waals surface area contributed by atoms with Gasteiger partial charge in [0.1, 0.15) is 17.0 Å². The quantitative estimate of drug-likeness (QED) is 0.420. The second kappa shape index (κ2) is 9.88. The summed E-state index contributed by atoms with van der Waals surface area (Å²) in [5.74, 6) is -0.0735. The first-order chi connectivity index (χ1) is 15.6. The molecule has 2 aromatic heterocycles. The van der Waals surface area contributed by atoms with Gasteiger partial charge >= 0.3 is 5.97 Å². The largest absolute Gasteiger partial charge is 0.463 e. The number of rotatable bonds is 7. The lowest BCUT2D eigenvalue weighted by atomic mass is 10.0. The van der Waals surface area contributed by atoms with Gasteiger partial charge in [0, 0.05) is 23.6 Å². The van der Waals surface area contributed by atoms with Crippen LogP contribution in [0.1, 0.15) is 29.0 Å². The van der Waals surface area contributed by atoms with E-state index in [0.717, 1.165) is 26.2 Å². The molecule has 8 nitrogen and oxygen atoms in total. The normalized spacial score (nSPS) is 14.4. The minimum Gasteiger partial charge on any atom is -0.463 e. The Morgan fingerprint density at radius 1 is 1.28 bits per heavy atom. The highest BCUT2D eigenvalue weighted by atomic mass is 32.1. The van der Waals surface area contributed by atoms with Crippen molar-refractivity contribution < 1.29 is 19.4 Å². The van der Waals surface area contributed by atoms with Crippen molar-refractivity contribution in [2.24, 2.45) is 0 Å². The standard InChI is InChI=1S/C23H24N4O4S/c1-2-31-20(30)9-8-19(29)27-11-10-16-18(12-27)32-23-21(16)22(24-14-25-23)26-17(13-28)15-6-4-3-5-7-15/h3-9,14,17,28H,2,10-13H2,1H3,(H,24,25,26)/t17-/m1/s1. The maximum Gasteiger partial charge on any atom is 0.330 e. The molecule has 0 aliphatic carbocycles. The summed E-state index contributed by atoms with van der Waals surface area (Å²) in [6, 6.07) is 9.43. The Morgan fingerprint density at radius 2 is 2.09 bits per heavy atom. The smallest absolute Gasteiger partial charge is 0.330 e. The number of nitrogens with one attached hydrogen (secondary N) is 1. The Labute approximate surface area is 189 Å². The van der Waals surface area contributed by atoms with E-state index in [1.165, 1.54) is 29.8 Å². The summed E-state index contributed by atoms with van der Waals surface area (Å²) >= 11 is 1.53. The molecule has 4 rings (SSSR count). The topological polar surface area (TPSA) is 105 Å². The van der Waals surface area contributed by atoms with E-state index < -0.39 is 5.97 Å². The number of carbonyl (C=O) groups excluding carboxylic acids is 2. The van der Waals surface area contributed by atoms with E-state index in [0.29, 0.717) is 25.3 Å². The van der Waals surface area contributed by atoms with Gasteiger partial charge in [0.05, 0.1) is 31.2 Å². The Bertz CT molecular complexity index is 1150. The third-order valence-corrected chi connectivity index (χ3v) is 6.42. The van der Waals surface area contributed by atoms with E-state index in [9.17, 15) is 14.7 Å². The van der Waals surface area contributed by atoms with E-state index in [1.807, 2.05) is 30.3 Å². The third kappa shape index (κ3) is 4.63. The van der Waals surface area contributed by atoms with Crippen LogP contribution in [0.3, 0.4) is 0 Å². The SMILES string of the molecule is CCOC(=O)C=CC(=O)N1CCc2c(sc3ncnc(N[C@H](CO)c4ccccc4)c23)C1. The second-order valence-electron chi connectivity index (χ2n) is 7.29. The van der Waals surface area contributed by atoms with Crippen LogP contribution in [0.5, 0.6) is 0 Å². The van der Waals surface area contributed by atoms with Crippen LogP contribution in [0, 0.1) is 0 Å². The lowest BCUT2D eigenvalue weighted by molar-refractivity contribution is -0.137. The van der Waals surface area contributed by atoms with E-state index in [4.69, 9.17) is 4.74 Å². The van der Waals surface area contributed by atoms with Crippen LogP contribution < -0.4 is 5.32 Å². The molecule has 1 aliphatic heterocycles. The predicted octanol–water partition coefficient (Wildman–Crippen LogP) is 2.84. The lowest BCUT2D eigenvalue weighted by Crippen LogP contribution is -2.34. The molecule has 2 N–H and O–H groups in total. The fourth-order valence-corrected chi connectivity index (χ4v) is 4.95. The number of hydrogen-bond donors (Lipinski definition) is 2. The van der Waals surface area contributed by atoms with Gasteiger partial charge < -0.3 is 20.1 Å². The van der Waals surface area contributed by atoms with Gasteiger partial charge in [-0.05, 0) is 24.5 Å². The van der Waals surface area contributed by atoms with E-state index >= 15 is 0 Å². The first-order valence-electron chi connectivity index (χ1n) is 10.4. The van der Waals surface area contributed by atoms with Gasteiger partial charge in [-0.2, -0.15) is 0 Å². The van der Waals surface area contributed by atoms with Crippen LogP contribution >= 0.6 is 11.3 Å². The predicted molar refractivity (Wildman–Crippen MR) is 122 cm³/mol. The lowest BCUT2D eigenvalue weighted by Gasteiger charge is -2.26. The van der Waals surface area contributed by atoms with Crippen LogP contribution in [0.15, 0.2) is 48.8 Å². The Kier molecular flexibility index (Phi) is 6.77. The fourth-order valence-electron chi connectivity index (χ4n) is 3.75. The molecule has 3 heterocycles. The first-order valence-corrected chi connectivity index (χ1v) is 11.2. The zero-order chi connectivity index (χ0) is 22.5. The van der Waals surface area contributed by atoms with Crippen molar-refractivity contribution in [3.8, 4) is 0 Å². The van der Waals surface area contributed by atoms with Gasteiger partial charge in [0.25, 0.3) is 0 Å². The molecule has 1 atom stereocenters. The molecule has 0 saturated carbocycles. The Morgan fingerprint density at radius 3 is 2.84 bits per heavy atom. The van der Waals surface area contributed by atoms with Crippen molar-refractivity contribution in [2.75, 3.05) is 25.1 Å². The number of anilines is 1. The Hall–Kier alpha value is -3.30. The number of aliphatic hydroxyl groups is 1. The minimum absolute atomic E-state index is 0.0725. The number of aromatic nitrogens is 2. The van der Waals surface area contributed by atoms with Gasteiger partial charge in [-0.3, -0.25) is 4.79 Å². The summed E-state index contributed by atoms with van der Waals surface area (Å²) < 4.78 is 4.83. The minimum atomic E-state index is -0.525. The van der Waals surface area contributed by atoms with Gasteiger partial charge in [0.2, 0.25) is 5.91 Å². The number of amides is 1. The number of aliphatic hydroxyl groups excluding tert-OH is 1. The van der Waals surface area contributed by atoms with Crippen molar-refractivity contribution in [1.82, 2.24) is 14.9 Å². The van der Waals surface area contributed by atoms with Crippen LogP contribution in [-0.4, -0.2) is 51.6 Å². The van der Waals surface area contributed by atoms with E-state index in [1.54, 1.807) is 11.8 Å². The molecule has 0 saturated heterocycles. The summed E-state index contributed by atoms with van der Waals surface area (Å²) in [6.45, 7) is 2.89. The van der Waals surface area contributed by atoms with Crippen molar-refractivity contribution in [1.29, 1.82) is 0 Å². The van der Waals surface area contributed by atoms with Crippen LogP contribution in [-0.2, 0) is 27.3 Å². The monoisotopic (exact) mass is 452 g/mol. The molecule has 166 valence electrons. The summed E-state index contributed by atoms with van der Waals surface area (Å²) in [6.07, 6.45) is 4.59. The Balaban J connectivity index is 1.57. The van der Waals surface area contributed by atoms with Crippen LogP contribution in [0.2, 0.25) is 0 Å². The summed E-state index contributed by atoms with van der Waals surface area (Å²) in [4.78, 5) is 36.5. The molecule has 1 amide bonds. The molecule has 3 aromatic rings. The fraction of sp³-hybridized carbons (Fsp3) is 0.304. The molecule has 0 spiro atoms. The molecule has 0 unspecified atom stereocenters. The van der Waals surface area contributed by atoms with E-state index in [-0.39, 0.29) is 25.2 Å². The molecule has 9 heteroatoms. The van der Waals surface area contributed by atoms with Crippen molar-refractivity contribution in [3.05, 3.63) is 64.8 Å². The van der Waals surface area contributed by atoms with Gasteiger partial charge in [-0.1, -0.05) is 30.3 Å². The number of ether oxygens (including phenoxy) is 1. The molecule has 1 aliphatic rings. The number of nitrogens with zero attached hydrogens (tertiary/aromatic N) is 3. The molecule has 0 bridgehead atoms. The number of hydrogen-bond acceptors (Lipinski definition) is 8. The van der Waals surface area contributed by atoms with Crippen molar-refractivity contribution in [3.63, 3.8) is 0 Å². The molecule has 1 aromatic carbocycles. The number of carbonyl (C=O) groups is 2. The highest BCUT2D eigenvalue weighted by Crippen LogP contribution is 2.38. The average molecular weight is 453 g/mol. The van der Waals surface area contributed by atoms with Gasteiger partial charge in [0.15, 0.2) is 0 Å². The average Bonchev–Trinajstić information content (AvgIpc) is 3.20. The molecule has 32 heavy (non-hydrogen) atoms. The maximum atomic E-state index is 12.5. The highest BCUT2D eigenvalue weighted by molar-refractivity contribution is 7.19. The molecular weight excluding hydrogens is 428 g/mol. The second-order valence-corrected chi connectivity index (χ2v) is 8.38. The van der Waals surface area contributed by atoms with Crippen molar-refractivity contribution in [2.45, 2.75) is 25.9 Å².